The van der Waals surface area contributed by atoms with Crippen molar-refractivity contribution < 1.29 is 55.8 Å². The maximum absolute atomic E-state index is 14.3. The zero-order valence-corrected chi connectivity index (χ0v) is 16.0. The molecule has 0 spiro atoms. The molecule has 2 rings (SSSR count). The molecule has 1 aromatic carbocycles. The molecule has 0 unspecified atom stereocenters. The van der Waals surface area contributed by atoms with E-state index in [1.54, 1.807) is 6.92 Å². The Morgan fingerprint density at radius 3 is 2.48 bits per heavy atom. The fourth-order valence-corrected chi connectivity index (χ4v) is 2.30. The van der Waals surface area contributed by atoms with Crippen LogP contribution in [0.5, 0.6) is 5.75 Å². The van der Waals surface area contributed by atoms with Gasteiger partial charge in [0.25, 0.3) is 0 Å². The molecule has 0 aliphatic carbocycles. The number of rotatable bonds is 6. The van der Waals surface area contributed by atoms with Gasteiger partial charge in [-0.1, -0.05) is 5.56 Å². The van der Waals surface area contributed by atoms with Gasteiger partial charge in [0.15, 0.2) is 0 Å². The second-order valence-corrected chi connectivity index (χ2v) is 4.77. The van der Waals surface area contributed by atoms with Crippen LogP contribution in [0.15, 0.2) is 12.1 Å². The Hall–Kier alpha value is -0.846. The quantitative estimate of drug-likeness (QED) is 0.546. The molecule has 1 aliphatic rings. The molecule has 0 atom stereocenters. The van der Waals surface area contributed by atoms with Crippen LogP contribution in [0.25, 0.3) is 5.70 Å². The van der Waals surface area contributed by atoms with Crippen molar-refractivity contribution in [1.29, 1.82) is 0 Å². The number of carbonyl (C=O) groups is 1. The molecule has 0 bridgehead atoms. The van der Waals surface area contributed by atoms with E-state index in [1.165, 1.54) is 12.0 Å². The van der Waals surface area contributed by atoms with E-state index < -0.39 is 11.6 Å². The zero-order chi connectivity index (χ0) is 16.1. The fraction of sp³-hybridized carbons (Fsp3) is 0.438. The molecular formula is C16H18F2NO3Y-. The van der Waals surface area contributed by atoms with Gasteiger partial charge in [-0.2, -0.15) is 0 Å². The van der Waals surface area contributed by atoms with Gasteiger partial charge in [-0.05, 0) is 19.1 Å². The Balaban J connectivity index is 0.00000264. The molecule has 0 saturated carbocycles. The average molecular weight is 399 g/mol. The van der Waals surface area contributed by atoms with Gasteiger partial charge in [-0.3, -0.25) is 4.79 Å². The summed E-state index contributed by atoms with van der Waals surface area (Å²) in [7, 11) is 1.51. The van der Waals surface area contributed by atoms with E-state index in [1.807, 2.05) is 0 Å². The van der Waals surface area contributed by atoms with Gasteiger partial charge in [0.05, 0.1) is 18.2 Å². The minimum atomic E-state index is -0.775. The summed E-state index contributed by atoms with van der Waals surface area (Å²) >= 11 is 0. The third-order valence-electron chi connectivity index (χ3n) is 3.33. The summed E-state index contributed by atoms with van der Waals surface area (Å²) in [4.78, 5) is 13.2. The number of hydrogen-bond acceptors (Lipinski definition) is 3. The number of ether oxygens (including phenoxy) is 2. The van der Waals surface area contributed by atoms with Crippen molar-refractivity contribution >= 4 is 11.6 Å². The third kappa shape index (κ3) is 4.81. The summed E-state index contributed by atoms with van der Waals surface area (Å²) in [5, 5.41) is 0. The number of hydrogen-bond donors (Lipinski definition) is 0. The standard InChI is InChI=1S/C16H18F2NO3.Y/c1-3-19-14(5-4-6-15(19)20)16-12(17)9-11(10-13(16)18)22-8-7-21-2;/h9-10H,3-4,6-8H2,1-2H3;/q-1;. The van der Waals surface area contributed by atoms with Gasteiger partial charge < -0.3 is 14.4 Å². The number of nitrogens with zero attached hydrogens (tertiary/aromatic N) is 1. The Bertz CT molecular complexity index is 570. The molecule has 1 aliphatic heterocycles. The first-order valence-corrected chi connectivity index (χ1v) is 7.10. The van der Waals surface area contributed by atoms with Crippen molar-refractivity contribution in [3.63, 3.8) is 0 Å². The van der Waals surface area contributed by atoms with E-state index >= 15 is 0 Å². The summed E-state index contributed by atoms with van der Waals surface area (Å²) in [5.41, 5.74) is -0.0776. The van der Waals surface area contributed by atoms with E-state index in [2.05, 4.69) is 6.08 Å². The third-order valence-corrected chi connectivity index (χ3v) is 3.33. The first kappa shape index (κ1) is 20.2. The SMILES string of the molecule is CCN1C(=O)CC[C-]=C1c1c(F)cc(OCCOC)cc1F.[Y]. The number of methoxy groups -OCH3 is 1. The smallest absolute Gasteiger partial charge is 0.223 e. The largest absolute Gasteiger partial charge is 0.491 e. The van der Waals surface area contributed by atoms with Gasteiger partial charge in [0.1, 0.15) is 12.4 Å². The molecule has 0 aromatic heterocycles. The fourth-order valence-electron chi connectivity index (χ4n) is 2.30. The Morgan fingerprint density at radius 1 is 1.26 bits per heavy atom. The van der Waals surface area contributed by atoms with Crippen LogP contribution in [0.2, 0.25) is 0 Å². The molecule has 4 nitrogen and oxygen atoms in total. The summed E-state index contributed by atoms with van der Waals surface area (Å²) < 4.78 is 38.6. The molecule has 1 aromatic rings. The van der Waals surface area contributed by atoms with Gasteiger partial charge in [-0.15, -0.1) is 12.1 Å². The number of allylic oxidation sites excluding steroid dienone is 1. The number of carbonyl (C=O) groups excluding carboxylic acids is 1. The number of halogens is 2. The van der Waals surface area contributed by atoms with E-state index in [9.17, 15) is 13.6 Å². The minimum Gasteiger partial charge on any atom is -0.491 e. The summed E-state index contributed by atoms with van der Waals surface area (Å²) in [6.07, 6.45) is 3.56. The molecule has 123 valence electrons. The van der Waals surface area contributed by atoms with Crippen LogP contribution in [-0.2, 0) is 42.2 Å². The molecule has 0 saturated heterocycles. The van der Waals surface area contributed by atoms with Crippen LogP contribution in [0.1, 0.15) is 25.3 Å². The van der Waals surface area contributed by atoms with Crippen LogP contribution in [0.3, 0.4) is 0 Å². The maximum atomic E-state index is 14.3. The van der Waals surface area contributed by atoms with Crippen LogP contribution in [-0.4, -0.2) is 37.7 Å². The number of amides is 1. The van der Waals surface area contributed by atoms with Crippen LogP contribution in [0.4, 0.5) is 8.78 Å². The van der Waals surface area contributed by atoms with Gasteiger partial charge in [0.2, 0.25) is 5.91 Å². The topological polar surface area (TPSA) is 38.8 Å². The van der Waals surface area contributed by atoms with Crippen LogP contribution in [0, 0.1) is 17.7 Å². The Labute approximate surface area is 159 Å². The van der Waals surface area contributed by atoms with Crippen molar-refractivity contribution in [2.24, 2.45) is 0 Å². The van der Waals surface area contributed by atoms with Crippen molar-refractivity contribution in [2.45, 2.75) is 19.8 Å². The molecular weight excluding hydrogens is 381 g/mol. The van der Waals surface area contributed by atoms with Gasteiger partial charge in [-0.25, -0.2) is 14.9 Å². The normalized spacial score (nSPS) is 14.3. The van der Waals surface area contributed by atoms with Gasteiger partial charge >= 0.3 is 0 Å². The number of benzene rings is 1. The Morgan fingerprint density at radius 2 is 1.91 bits per heavy atom. The van der Waals surface area contributed by atoms with E-state index in [4.69, 9.17) is 9.47 Å². The molecule has 1 amide bonds. The molecule has 23 heavy (non-hydrogen) atoms. The molecule has 0 N–H and O–H groups in total. The predicted molar refractivity (Wildman–Crippen MR) is 77.0 cm³/mol. The van der Waals surface area contributed by atoms with Crippen molar-refractivity contribution in [3.05, 3.63) is 35.4 Å². The average Bonchev–Trinajstić information content (AvgIpc) is 2.47. The Kier molecular flexibility index (Phi) is 8.30. The van der Waals surface area contributed by atoms with E-state index in [0.717, 1.165) is 12.1 Å². The summed E-state index contributed by atoms with van der Waals surface area (Å²) in [6.45, 7) is 2.61. The van der Waals surface area contributed by atoms with Crippen molar-refractivity contribution in [3.8, 4) is 5.75 Å². The molecule has 0 fully saturated rings. The predicted octanol–water partition coefficient (Wildman–Crippen LogP) is 2.77. The van der Waals surface area contributed by atoms with E-state index in [0.29, 0.717) is 26.0 Å². The molecule has 1 heterocycles. The van der Waals surface area contributed by atoms with Crippen LogP contribution >= 0.6 is 0 Å². The second kappa shape index (κ2) is 9.45. The van der Waals surface area contributed by atoms with Crippen LogP contribution < -0.4 is 4.74 Å². The van der Waals surface area contributed by atoms with E-state index in [-0.39, 0.29) is 62.2 Å². The van der Waals surface area contributed by atoms with Gasteiger partial charge in [0, 0.05) is 52.8 Å². The monoisotopic (exact) mass is 399 g/mol. The second-order valence-electron chi connectivity index (χ2n) is 4.77. The van der Waals surface area contributed by atoms with Crippen molar-refractivity contribution in [2.75, 3.05) is 26.9 Å². The maximum Gasteiger partial charge on any atom is 0.223 e. The molecule has 7 heteroatoms. The zero-order valence-electron chi connectivity index (χ0n) is 13.2. The minimum absolute atomic E-state index is 0. The first-order chi connectivity index (χ1) is 10.6. The van der Waals surface area contributed by atoms with Crippen molar-refractivity contribution in [1.82, 2.24) is 4.90 Å². The summed E-state index contributed by atoms with van der Waals surface area (Å²) in [6, 6.07) is 2.21. The summed E-state index contributed by atoms with van der Waals surface area (Å²) in [5.74, 6) is -1.62. The first-order valence-electron chi connectivity index (χ1n) is 7.10. The molecule has 1 radical (unpaired) electrons.